The van der Waals surface area contributed by atoms with Gasteiger partial charge in [-0.05, 0) is 24.3 Å². The first-order chi connectivity index (χ1) is 8.15. The Morgan fingerprint density at radius 2 is 1.76 bits per heavy atom. The average molecular weight is 343 g/mol. The van der Waals surface area contributed by atoms with Gasteiger partial charge in [0.2, 0.25) is 3.76 Å². The first-order valence-electron chi connectivity index (χ1n) is 5.08. The Kier molecular flexibility index (Phi) is 3.72. The second-order valence-electron chi connectivity index (χ2n) is 3.58. The van der Waals surface area contributed by atoms with Crippen molar-refractivity contribution in [3.05, 3.63) is 36.7 Å². The third-order valence-corrected chi connectivity index (χ3v) is 4.63. The standard InChI is InChI=1S/C11H14IN5/c1-16-7-8-17(2)12-11(16)15-14-10-5-3-9(13)4-6-10/h3-8H,13H2,1-2H3. The Morgan fingerprint density at radius 1 is 1.06 bits per heavy atom. The van der Waals surface area contributed by atoms with Crippen LogP contribution in [0.3, 0.4) is 0 Å². The van der Waals surface area contributed by atoms with Gasteiger partial charge in [0.15, 0.2) is 0 Å². The molecule has 1 aliphatic heterocycles. The van der Waals surface area contributed by atoms with E-state index in [2.05, 4.69) is 26.6 Å². The van der Waals surface area contributed by atoms with Crippen LogP contribution in [0, 0.1) is 0 Å². The van der Waals surface area contributed by atoms with Crippen LogP contribution in [0.4, 0.5) is 11.4 Å². The molecule has 0 fully saturated rings. The zero-order valence-electron chi connectivity index (χ0n) is 9.71. The van der Waals surface area contributed by atoms with Crippen LogP contribution >= 0.6 is 21.0 Å². The lowest BCUT2D eigenvalue weighted by Gasteiger charge is -2.20. The Labute approximate surface area is 111 Å². The number of hydrogen-bond donors (Lipinski definition) is 1. The fourth-order valence-corrected chi connectivity index (χ4v) is 2.88. The summed E-state index contributed by atoms with van der Waals surface area (Å²) in [6.07, 6.45) is 4.04. The molecule has 0 saturated carbocycles. The molecule has 90 valence electrons. The van der Waals surface area contributed by atoms with Crippen LogP contribution in [0.25, 0.3) is 0 Å². The first kappa shape index (κ1) is 12.0. The van der Waals surface area contributed by atoms with Crippen molar-refractivity contribution in [1.82, 2.24) is 8.01 Å². The number of nitrogen functional groups attached to an aromatic ring is 1. The number of hydrogen-bond acceptors (Lipinski definition) is 5. The molecular weight excluding hydrogens is 329 g/mol. The molecule has 2 N–H and O–H groups in total. The lowest BCUT2D eigenvalue weighted by molar-refractivity contribution is 0.663. The monoisotopic (exact) mass is 343 g/mol. The van der Waals surface area contributed by atoms with E-state index in [-0.39, 0.29) is 21.0 Å². The molecule has 0 aromatic heterocycles. The Morgan fingerprint density at radius 3 is 2.47 bits per heavy atom. The summed E-state index contributed by atoms with van der Waals surface area (Å²) in [7, 11) is 4.04. The molecule has 0 radical (unpaired) electrons. The van der Waals surface area contributed by atoms with Gasteiger partial charge in [-0.25, -0.2) is 0 Å². The molecule has 0 amide bonds. The molecule has 5 nitrogen and oxygen atoms in total. The Balaban J connectivity index is 2.13. The summed E-state index contributed by atoms with van der Waals surface area (Å²) in [5.74, 6) is 0. The van der Waals surface area contributed by atoms with Crippen molar-refractivity contribution < 1.29 is 0 Å². The normalized spacial score (nSPS) is 16.0. The highest BCUT2D eigenvalue weighted by atomic mass is 127. The summed E-state index contributed by atoms with van der Waals surface area (Å²) in [5.41, 5.74) is 7.17. The largest absolute Gasteiger partial charge is 0.399 e. The molecule has 0 spiro atoms. The van der Waals surface area contributed by atoms with Gasteiger partial charge in [-0.2, -0.15) is 0 Å². The van der Waals surface area contributed by atoms with Crippen molar-refractivity contribution in [2.24, 2.45) is 10.2 Å². The zero-order chi connectivity index (χ0) is 12.3. The topological polar surface area (TPSA) is 57.2 Å². The van der Waals surface area contributed by atoms with Gasteiger partial charge in [0.05, 0.1) is 26.7 Å². The summed E-state index contributed by atoms with van der Waals surface area (Å²) in [6.45, 7) is 0. The molecular formula is C11H14IN5. The summed E-state index contributed by atoms with van der Waals surface area (Å²) >= 11 is -0.255. The quantitative estimate of drug-likeness (QED) is 0.389. The fourth-order valence-electron chi connectivity index (χ4n) is 1.19. The van der Waals surface area contributed by atoms with Crippen molar-refractivity contribution in [3.63, 3.8) is 0 Å². The van der Waals surface area contributed by atoms with E-state index < -0.39 is 0 Å². The minimum atomic E-state index is -0.255. The average Bonchev–Trinajstić information content (AvgIpc) is 2.32. The van der Waals surface area contributed by atoms with Crippen LogP contribution in [-0.4, -0.2) is 25.9 Å². The molecule has 0 saturated heterocycles. The summed E-state index contributed by atoms with van der Waals surface area (Å²) in [4.78, 5) is 2.01. The number of anilines is 1. The van der Waals surface area contributed by atoms with Gasteiger partial charge in [-0.15, -0.1) is 10.2 Å². The van der Waals surface area contributed by atoms with Crippen LogP contribution in [-0.2, 0) is 0 Å². The SMILES string of the molecule is CN1C=CN(C)C(N=Nc2ccc(N)cc2)=I1. The smallest absolute Gasteiger partial charge is 0.203 e. The van der Waals surface area contributed by atoms with E-state index in [1.165, 1.54) is 0 Å². The number of rotatable bonds is 2. The highest BCUT2D eigenvalue weighted by molar-refractivity contribution is 14.2. The molecule has 0 bridgehead atoms. The van der Waals surface area contributed by atoms with Crippen LogP contribution in [0.2, 0.25) is 0 Å². The molecule has 6 heteroatoms. The summed E-state index contributed by atoms with van der Waals surface area (Å²) < 4.78 is 3.18. The lowest BCUT2D eigenvalue weighted by atomic mass is 10.3. The predicted octanol–water partition coefficient (Wildman–Crippen LogP) is 2.67. The fraction of sp³-hybridized carbons (Fsp3) is 0.182. The summed E-state index contributed by atoms with van der Waals surface area (Å²) in [5, 5.41) is 8.51. The maximum absolute atomic E-state index is 5.61. The predicted molar refractivity (Wildman–Crippen MR) is 79.1 cm³/mol. The van der Waals surface area contributed by atoms with Crippen LogP contribution in [0.5, 0.6) is 0 Å². The van der Waals surface area contributed by atoms with Crippen molar-refractivity contribution in [1.29, 1.82) is 0 Å². The van der Waals surface area contributed by atoms with Crippen molar-refractivity contribution in [2.75, 3.05) is 19.8 Å². The van der Waals surface area contributed by atoms with E-state index in [9.17, 15) is 0 Å². The minimum absolute atomic E-state index is 0.255. The Bertz CT molecular complexity index is 477. The number of nitrogens with two attached hydrogens (primary N) is 1. The molecule has 0 atom stereocenters. The zero-order valence-corrected chi connectivity index (χ0v) is 11.9. The van der Waals surface area contributed by atoms with E-state index in [1.807, 2.05) is 42.4 Å². The van der Waals surface area contributed by atoms with E-state index in [0.717, 1.165) is 15.1 Å². The highest BCUT2D eigenvalue weighted by Crippen LogP contribution is 2.19. The lowest BCUT2D eigenvalue weighted by Crippen LogP contribution is -2.21. The maximum atomic E-state index is 5.61. The highest BCUT2D eigenvalue weighted by Gasteiger charge is 2.07. The van der Waals surface area contributed by atoms with Crippen molar-refractivity contribution >= 4 is 36.1 Å². The molecule has 1 aromatic rings. The second kappa shape index (κ2) is 5.26. The van der Waals surface area contributed by atoms with E-state index in [0.29, 0.717) is 0 Å². The minimum Gasteiger partial charge on any atom is -0.399 e. The third kappa shape index (κ3) is 3.26. The third-order valence-electron chi connectivity index (χ3n) is 2.14. The van der Waals surface area contributed by atoms with E-state index in [4.69, 9.17) is 5.73 Å². The molecule has 1 heterocycles. The molecule has 2 rings (SSSR count). The van der Waals surface area contributed by atoms with E-state index in [1.54, 1.807) is 0 Å². The van der Waals surface area contributed by atoms with Crippen LogP contribution < -0.4 is 5.73 Å². The van der Waals surface area contributed by atoms with Crippen molar-refractivity contribution in [2.45, 2.75) is 0 Å². The van der Waals surface area contributed by atoms with Gasteiger partial charge in [0, 0.05) is 32.2 Å². The van der Waals surface area contributed by atoms with Crippen LogP contribution in [0.15, 0.2) is 46.9 Å². The molecule has 1 aromatic carbocycles. The van der Waals surface area contributed by atoms with Gasteiger partial charge < -0.3 is 13.7 Å². The second-order valence-corrected chi connectivity index (χ2v) is 6.55. The number of azo groups is 1. The molecule has 0 aliphatic carbocycles. The molecule has 0 unspecified atom stereocenters. The molecule has 17 heavy (non-hydrogen) atoms. The molecule has 1 aliphatic rings. The van der Waals surface area contributed by atoms with Crippen LogP contribution in [0.1, 0.15) is 0 Å². The van der Waals surface area contributed by atoms with E-state index >= 15 is 0 Å². The van der Waals surface area contributed by atoms with Gasteiger partial charge in [-0.3, -0.25) is 0 Å². The van der Waals surface area contributed by atoms with Gasteiger partial charge in [0.1, 0.15) is 0 Å². The first-order valence-corrected chi connectivity index (χ1v) is 7.13. The van der Waals surface area contributed by atoms with Gasteiger partial charge in [0.25, 0.3) is 0 Å². The maximum Gasteiger partial charge on any atom is 0.203 e. The van der Waals surface area contributed by atoms with Crippen molar-refractivity contribution in [3.8, 4) is 0 Å². The van der Waals surface area contributed by atoms with Gasteiger partial charge >= 0.3 is 0 Å². The number of halogens is 1. The Hall–Kier alpha value is -1.44. The number of benzene rings is 1. The number of nitrogens with zero attached hydrogens (tertiary/aromatic N) is 4. The van der Waals surface area contributed by atoms with Gasteiger partial charge in [-0.1, -0.05) is 0 Å². The summed E-state index contributed by atoms with van der Waals surface area (Å²) in [6, 6.07) is 7.37.